The number of halogens is 2. The van der Waals surface area contributed by atoms with Crippen LogP contribution in [0.25, 0.3) is 0 Å². The maximum absolute atomic E-state index is 10.1. The van der Waals surface area contributed by atoms with E-state index in [-0.39, 0.29) is 0 Å². The van der Waals surface area contributed by atoms with E-state index in [1.54, 1.807) is 0 Å². The van der Waals surface area contributed by atoms with Crippen LogP contribution in [0.4, 0.5) is 0 Å². The summed E-state index contributed by atoms with van der Waals surface area (Å²) >= 11 is 9.30. The molecule has 12 heavy (non-hydrogen) atoms. The van der Waals surface area contributed by atoms with Crippen LogP contribution in [-0.4, -0.2) is 6.29 Å². The summed E-state index contributed by atoms with van der Waals surface area (Å²) in [5.41, 5.74) is 1.01. The molecule has 0 fully saturated rings. The minimum absolute atomic E-state index is 0.516. The molecule has 0 heterocycles. The molecular weight excluding hydrogens is 239 g/mol. The van der Waals surface area contributed by atoms with Crippen molar-refractivity contribution in [2.75, 3.05) is 0 Å². The van der Waals surface area contributed by atoms with Gasteiger partial charge in [0.15, 0.2) is 0 Å². The molecule has 1 aromatic carbocycles. The van der Waals surface area contributed by atoms with E-state index in [4.69, 9.17) is 11.6 Å². The molecule has 0 saturated carbocycles. The molecule has 0 spiro atoms. The molecule has 0 saturated heterocycles. The van der Waals surface area contributed by atoms with Crippen molar-refractivity contribution < 1.29 is 4.79 Å². The Morgan fingerprint density at radius 3 is 2.83 bits per heavy atom. The lowest BCUT2D eigenvalue weighted by Gasteiger charge is -2.03. The summed E-state index contributed by atoms with van der Waals surface area (Å²) in [6, 6.07) is 5.62. The summed E-state index contributed by atoms with van der Waals surface area (Å²) in [5, 5.41) is 0.714. The van der Waals surface area contributed by atoms with Gasteiger partial charge in [-0.2, -0.15) is 0 Å². The number of carbonyl (C=O) groups is 1. The molecule has 0 amide bonds. The number of rotatable bonds is 3. The monoisotopic (exact) mass is 246 g/mol. The molecule has 0 aliphatic rings. The van der Waals surface area contributed by atoms with Crippen LogP contribution < -0.4 is 0 Å². The number of hydrogen-bond donors (Lipinski definition) is 0. The van der Waals surface area contributed by atoms with Crippen LogP contribution in [0.15, 0.2) is 22.7 Å². The Kier molecular flexibility index (Phi) is 3.76. The summed E-state index contributed by atoms with van der Waals surface area (Å²) in [4.78, 5) is 10.1. The highest BCUT2D eigenvalue weighted by Crippen LogP contribution is 2.25. The Morgan fingerprint density at radius 2 is 2.25 bits per heavy atom. The van der Waals surface area contributed by atoms with Crippen LogP contribution in [0.1, 0.15) is 12.0 Å². The van der Waals surface area contributed by atoms with E-state index < -0.39 is 0 Å². The van der Waals surface area contributed by atoms with Crippen molar-refractivity contribution in [1.29, 1.82) is 0 Å². The zero-order valence-corrected chi connectivity index (χ0v) is 8.73. The summed E-state index contributed by atoms with van der Waals surface area (Å²) in [6.07, 6.45) is 2.11. The van der Waals surface area contributed by atoms with Gasteiger partial charge in [-0.05, 0) is 24.1 Å². The van der Waals surface area contributed by atoms with Gasteiger partial charge >= 0.3 is 0 Å². The summed E-state index contributed by atoms with van der Waals surface area (Å²) in [6.45, 7) is 0. The Morgan fingerprint density at radius 1 is 1.50 bits per heavy atom. The smallest absolute Gasteiger partial charge is 0.120 e. The molecule has 0 bridgehead atoms. The fraction of sp³-hybridized carbons (Fsp3) is 0.222. The van der Waals surface area contributed by atoms with Crippen LogP contribution in [0, 0.1) is 0 Å². The van der Waals surface area contributed by atoms with Gasteiger partial charge in [-0.1, -0.05) is 33.6 Å². The first kappa shape index (κ1) is 9.75. The van der Waals surface area contributed by atoms with E-state index in [9.17, 15) is 4.79 Å². The van der Waals surface area contributed by atoms with Crippen LogP contribution in [0.5, 0.6) is 0 Å². The Labute approximate surface area is 84.9 Å². The molecule has 1 aromatic rings. The van der Waals surface area contributed by atoms with Crippen LogP contribution in [0.2, 0.25) is 5.02 Å². The summed E-state index contributed by atoms with van der Waals surface area (Å²) in [5.74, 6) is 0. The normalized spacial score (nSPS) is 9.83. The first-order valence-electron chi connectivity index (χ1n) is 3.62. The van der Waals surface area contributed by atoms with Gasteiger partial charge in [0, 0.05) is 15.9 Å². The fourth-order valence-corrected chi connectivity index (χ4v) is 1.92. The second-order valence-corrected chi connectivity index (χ2v) is 3.67. The zero-order valence-electron chi connectivity index (χ0n) is 6.39. The molecule has 0 unspecified atom stereocenters. The Balaban J connectivity index is 2.88. The lowest BCUT2D eigenvalue weighted by molar-refractivity contribution is -0.107. The summed E-state index contributed by atoms with van der Waals surface area (Å²) in [7, 11) is 0. The molecule has 64 valence electrons. The van der Waals surface area contributed by atoms with E-state index in [1.807, 2.05) is 18.2 Å². The first-order valence-corrected chi connectivity index (χ1v) is 4.79. The lowest BCUT2D eigenvalue weighted by Crippen LogP contribution is -1.88. The van der Waals surface area contributed by atoms with Crippen molar-refractivity contribution >= 4 is 33.8 Å². The fourth-order valence-electron chi connectivity index (χ4n) is 0.974. The Bertz CT molecular complexity index is 266. The van der Waals surface area contributed by atoms with Gasteiger partial charge in [0.25, 0.3) is 0 Å². The average molecular weight is 248 g/mol. The van der Waals surface area contributed by atoms with Gasteiger partial charge in [-0.15, -0.1) is 0 Å². The van der Waals surface area contributed by atoms with Crippen molar-refractivity contribution in [2.45, 2.75) is 12.8 Å². The highest BCUT2D eigenvalue weighted by Gasteiger charge is 2.03. The van der Waals surface area contributed by atoms with Crippen molar-refractivity contribution in [3.05, 3.63) is 33.3 Å². The maximum Gasteiger partial charge on any atom is 0.120 e. The predicted octanol–water partition coefficient (Wildman–Crippen LogP) is 3.23. The largest absolute Gasteiger partial charge is 0.303 e. The van der Waals surface area contributed by atoms with E-state index in [2.05, 4.69) is 15.9 Å². The number of hydrogen-bond acceptors (Lipinski definition) is 1. The Hall–Kier alpha value is -0.340. The minimum atomic E-state index is 0.516. The summed E-state index contributed by atoms with van der Waals surface area (Å²) < 4.78 is 0.969. The molecule has 0 aliphatic heterocycles. The molecule has 0 N–H and O–H groups in total. The number of benzene rings is 1. The average Bonchev–Trinajstić information content (AvgIpc) is 2.04. The quantitative estimate of drug-likeness (QED) is 0.750. The number of aldehydes is 1. The lowest BCUT2D eigenvalue weighted by atomic mass is 10.1. The predicted molar refractivity (Wildman–Crippen MR) is 53.5 cm³/mol. The maximum atomic E-state index is 10.1. The molecule has 0 aromatic heterocycles. The molecule has 0 radical (unpaired) electrons. The minimum Gasteiger partial charge on any atom is -0.303 e. The highest BCUT2D eigenvalue weighted by molar-refractivity contribution is 9.10. The van der Waals surface area contributed by atoms with Gasteiger partial charge in [-0.25, -0.2) is 0 Å². The van der Waals surface area contributed by atoms with Crippen molar-refractivity contribution in [2.24, 2.45) is 0 Å². The second kappa shape index (κ2) is 4.63. The van der Waals surface area contributed by atoms with Crippen LogP contribution >= 0.6 is 27.5 Å². The molecule has 1 rings (SSSR count). The van der Waals surface area contributed by atoms with Gasteiger partial charge in [-0.3, -0.25) is 0 Å². The van der Waals surface area contributed by atoms with E-state index in [0.29, 0.717) is 17.9 Å². The molecular formula is C9H8BrClO. The molecule has 0 atom stereocenters. The SMILES string of the molecule is O=CCCc1c(Cl)cccc1Br. The highest BCUT2D eigenvalue weighted by atomic mass is 79.9. The number of carbonyl (C=O) groups excluding carboxylic acids is 1. The van der Waals surface area contributed by atoms with Gasteiger partial charge in [0.05, 0.1) is 0 Å². The van der Waals surface area contributed by atoms with Crippen molar-refractivity contribution in [1.82, 2.24) is 0 Å². The topological polar surface area (TPSA) is 17.1 Å². The van der Waals surface area contributed by atoms with E-state index >= 15 is 0 Å². The van der Waals surface area contributed by atoms with Crippen LogP contribution in [0.3, 0.4) is 0 Å². The third-order valence-electron chi connectivity index (χ3n) is 1.57. The van der Waals surface area contributed by atoms with Crippen molar-refractivity contribution in [3.8, 4) is 0 Å². The van der Waals surface area contributed by atoms with Gasteiger partial charge < -0.3 is 4.79 Å². The van der Waals surface area contributed by atoms with Gasteiger partial charge in [0.2, 0.25) is 0 Å². The van der Waals surface area contributed by atoms with Crippen molar-refractivity contribution in [3.63, 3.8) is 0 Å². The van der Waals surface area contributed by atoms with Gasteiger partial charge in [0.1, 0.15) is 6.29 Å². The standard InChI is InChI=1S/C9H8BrClO/c10-8-4-1-5-9(11)7(8)3-2-6-12/h1,4-6H,2-3H2. The molecule has 3 heteroatoms. The zero-order chi connectivity index (χ0) is 8.97. The third kappa shape index (κ3) is 2.32. The third-order valence-corrected chi connectivity index (χ3v) is 2.67. The molecule has 0 aliphatic carbocycles. The van der Waals surface area contributed by atoms with E-state index in [1.165, 1.54) is 0 Å². The first-order chi connectivity index (χ1) is 5.75. The molecule has 1 nitrogen and oxygen atoms in total. The van der Waals surface area contributed by atoms with E-state index in [0.717, 1.165) is 16.3 Å². The van der Waals surface area contributed by atoms with Crippen LogP contribution in [-0.2, 0) is 11.2 Å². The second-order valence-electron chi connectivity index (χ2n) is 2.41.